The minimum Gasteiger partial charge on any atom is -0.480 e. The second-order valence-electron chi connectivity index (χ2n) is 4.65. The number of nitrogens with zero attached hydrogens (tertiary/aromatic N) is 2. The molecule has 0 unspecified atom stereocenters. The van der Waals surface area contributed by atoms with Crippen LogP contribution in [0.15, 0.2) is 0 Å². The highest BCUT2D eigenvalue weighted by molar-refractivity contribution is 5.83. The molecule has 0 aromatic rings. The fourth-order valence-corrected chi connectivity index (χ4v) is 1.62. The number of esters is 1. The average Bonchev–Trinajstić information content (AvgIpc) is 2.42. The van der Waals surface area contributed by atoms with Gasteiger partial charge < -0.3 is 20.1 Å². The Kier molecular flexibility index (Phi) is 8.53. The number of amides is 2. The van der Waals surface area contributed by atoms with Crippen molar-refractivity contribution in [3.8, 4) is 6.07 Å². The lowest BCUT2D eigenvalue weighted by Gasteiger charge is -2.27. The van der Waals surface area contributed by atoms with E-state index in [0.29, 0.717) is 0 Å². The zero-order valence-electron chi connectivity index (χ0n) is 12.5. The van der Waals surface area contributed by atoms with E-state index in [1.807, 2.05) is 6.07 Å². The van der Waals surface area contributed by atoms with Crippen molar-refractivity contribution in [2.45, 2.75) is 45.2 Å². The predicted octanol–water partition coefficient (Wildman–Crippen LogP) is 0.726. The number of urea groups is 1. The molecule has 2 N–H and O–H groups in total. The molecule has 8 nitrogen and oxygen atoms in total. The molecule has 0 aliphatic rings. The molecule has 0 fully saturated rings. The second-order valence-corrected chi connectivity index (χ2v) is 4.65. The number of rotatable bonds is 8. The van der Waals surface area contributed by atoms with Crippen LogP contribution in [0.1, 0.15) is 33.1 Å². The maximum atomic E-state index is 12.0. The first-order chi connectivity index (χ1) is 9.83. The van der Waals surface area contributed by atoms with Crippen molar-refractivity contribution >= 4 is 18.0 Å². The van der Waals surface area contributed by atoms with Gasteiger partial charge in [0.25, 0.3) is 0 Å². The average molecular weight is 299 g/mol. The number of nitriles is 1. The van der Waals surface area contributed by atoms with Crippen LogP contribution in [-0.4, -0.2) is 53.7 Å². The van der Waals surface area contributed by atoms with E-state index in [-0.39, 0.29) is 31.8 Å². The number of aliphatic carboxylic acids is 1. The standard InChI is InChI=1S/C13H21N3O5/c1-9(2)16(8-4-7-14)13(20)15-10(12(18)19)5-6-11(17)21-3/h9-10H,4-6,8H2,1-3H3,(H,15,20)(H,18,19)/t10-/m1/s1. The third kappa shape index (κ3) is 7.15. The molecule has 1 atom stereocenters. The molecule has 0 aromatic heterocycles. The summed E-state index contributed by atoms with van der Waals surface area (Å²) in [6.07, 6.45) is -0.00293. The Morgan fingerprint density at radius 1 is 1.38 bits per heavy atom. The van der Waals surface area contributed by atoms with E-state index in [9.17, 15) is 14.4 Å². The van der Waals surface area contributed by atoms with Crippen LogP contribution in [0, 0.1) is 11.3 Å². The van der Waals surface area contributed by atoms with Crippen molar-refractivity contribution in [2.75, 3.05) is 13.7 Å². The van der Waals surface area contributed by atoms with Gasteiger partial charge in [0.15, 0.2) is 0 Å². The molecule has 0 aliphatic carbocycles. The van der Waals surface area contributed by atoms with Crippen LogP contribution in [0.5, 0.6) is 0 Å². The van der Waals surface area contributed by atoms with Crippen LogP contribution >= 0.6 is 0 Å². The van der Waals surface area contributed by atoms with Gasteiger partial charge in [-0.1, -0.05) is 0 Å². The Morgan fingerprint density at radius 3 is 2.43 bits per heavy atom. The van der Waals surface area contributed by atoms with Crippen molar-refractivity contribution in [3.63, 3.8) is 0 Å². The van der Waals surface area contributed by atoms with Gasteiger partial charge in [-0.2, -0.15) is 5.26 Å². The molecule has 0 rings (SSSR count). The number of carboxylic acid groups (broad SMARTS) is 1. The third-order valence-corrected chi connectivity index (χ3v) is 2.81. The van der Waals surface area contributed by atoms with Crippen molar-refractivity contribution in [2.24, 2.45) is 0 Å². The minimum absolute atomic E-state index is 0.0576. The highest BCUT2D eigenvalue weighted by Gasteiger charge is 2.25. The molecule has 0 heterocycles. The van der Waals surface area contributed by atoms with Gasteiger partial charge in [0.05, 0.1) is 19.6 Å². The number of hydrogen-bond donors (Lipinski definition) is 2. The number of carbonyl (C=O) groups excluding carboxylic acids is 2. The number of nitrogens with one attached hydrogen (secondary N) is 1. The van der Waals surface area contributed by atoms with E-state index in [4.69, 9.17) is 10.4 Å². The van der Waals surface area contributed by atoms with E-state index < -0.39 is 24.0 Å². The molecule has 0 aromatic carbocycles. The fraction of sp³-hybridized carbons (Fsp3) is 0.692. The molecule has 0 bridgehead atoms. The summed E-state index contributed by atoms with van der Waals surface area (Å²) >= 11 is 0. The first kappa shape index (κ1) is 18.7. The quantitative estimate of drug-likeness (QED) is 0.637. The Bertz CT molecular complexity index is 417. The predicted molar refractivity (Wildman–Crippen MR) is 73.3 cm³/mol. The number of methoxy groups -OCH3 is 1. The van der Waals surface area contributed by atoms with E-state index in [1.165, 1.54) is 12.0 Å². The third-order valence-electron chi connectivity index (χ3n) is 2.81. The van der Waals surface area contributed by atoms with E-state index >= 15 is 0 Å². The first-order valence-electron chi connectivity index (χ1n) is 6.57. The molecular formula is C13H21N3O5. The van der Waals surface area contributed by atoms with Crippen LogP contribution in [0.3, 0.4) is 0 Å². The zero-order chi connectivity index (χ0) is 16.4. The molecule has 21 heavy (non-hydrogen) atoms. The largest absolute Gasteiger partial charge is 0.480 e. The normalized spacial score (nSPS) is 11.4. The van der Waals surface area contributed by atoms with Gasteiger partial charge in [0, 0.05) is 19.0 Å². The van der Waals surface area contributed by atoms with Gasteiger partial charge in [-0.15, -0.1) is 0 Å². The molecule has 0 saturated carbocycles. The van der Waals surface area contributed by atoms with Gasteiger partial charge in [-0.05, 0) is 20.3 Å². The lowest BCUT2D eigenvalue weighted by atomic mass is 10.1. The van der Waals surface area contributed by atoms with Crippen LogP contribution in [-0.2, 0) is 14.3 Å². The Labute approximate surface area is 123 Å². The molecule has 0 spiro atoms. The van der Waals surface area contributed by atoms with Crippen molar-refractivity contribution in [1.29, 1.82) is 5.26 Å². The SMILES string of the molecule is COC(=O)CC[C@@H](NC(=O)N(CCC#N)C(C)C)C(=O)O. The number of carboxylic acids is 1. The zero-order valence-corrected chi connectivity index (χ0v) is 12.5. The lowest BCUT2D eigenvalue weighted by Crippen LogP contribution is -2.50. The molecular weight excluding hydrogens is 278 g/mol. The molecule has 2 amide bonds. The maximum absolute atomic E-state index is 12.0. The topological polar surface area (TPSA) is 120 Å². The van der Waals surface area contributed by atoms with Gasteiger partial charge in [-0.3, -0.25) is 4.79 Å². The van der Waals surface area contributed by atoms with Gasteiger partial charge in [-0.25, -0.2) is 9.59 Å². The highest BCUT2D eigenvalue weighted by Crippen LogP contribution is 2.04. The number of ether oxygens (including phenoxy) is 1. The van der Waals surface area contributed by atoms with Crippen molar-refractivity contribution in [3.05, 3.63) is 0 Å². The van der Waals surface area contributed by atoms with Gasteiger partial charge in [0.1, 0.15) is 6.04 Å². The van der Waals surface area contributed by atoms with Crippen LogP contribution in [0.25, 0.3) is 0 Å². The summed E-state index contributed by atoms with van der Waals surface area (Å²) in [5.74, 6) is -1.77. The Balaban J connectivity index is 4.67. The fourth-order valence-electron chi connectivity index (χ4n) is 1.62. The summed E-state index contributed by atoms with van der Waals surface area (Å²) in [4.78, 5) is 35.6. The lowest BCUT2D eigenvalue weighted by molar-refractivity contribution is -0.142. The van der Waals surface area contributed by atoms with Gasteiger partial charge in [0.2, 0.25) is 0 Å². The van der Waals surface area contributed by atoms with Crippen LogP contribution in [0.2, 0.25) is 0 Å². The summed E-state index contributed by atoms with van der Waals surface area (Å²) in [7, 11) is 1.21. The first-order valence-corrected chi connectivity index (χ1v) is 6.57. The molecule has 0 radical (unpaired) electrons. The molecule has 0 saturated heterocycles. The van der Waals surface area contributed by atoms with E-state index in [1.54, 1.807) is 13.8 Å². The minimum atomic E-state index is -1.23. The van der Waals surface area contributed by atoms with Crippen molar-refractivity contribution in [1.82, 2.24) is 10.2 Å². The van der Waals surface area contributed by atoms with Gasteiger partial charge >= 0.3 is 18.0 Å². The summed E-state index contributed by atoms with van der Waals surface area (Å²) in [6, 6.07) is 0.00739. The molecule has 0 aliphatic heterocycles. The maximum Gasteiger partial charge on any atom is 0.326 e. The van der Waals surface area contributed by atoms with Crippen LogP contribution in [0.4, 0.5) is 4.79 Å². The highest BCUT2D eigenvalue weighted by atomic mass is 16.5. The van der Waals surface area contributed by atoms with Crippen molar-refractivity contribution < 1.29 is 24.2 Å². The summed E-state index contributed by atoms with van der Waals surface area (Å²) in [6.45, 7) is 3.74. The summed E-state index contributed by atoms with van der Waals surface area (Å²) in [5.41, 5.74) is 0. The van der Waals surface area contributed by atoms with E-state index in [2.05, 4.69) is 10.1 Å². The van der Waals surface area contributed by atoms with Crippen LogP contribution < -0.4 is 5.32 Å². The number of carbonyl (C=O) groups is 3. The van der Waals surface area contributed by atoms with E-state index in [0.717, 1.165) is 0 Å². The summed E-state index contributed by atoms with van der Waals surface area (Å²) < 4.78 is 4.43. The number of hydrogen-bond acceptors (Lipinski definition) is 5. The Hall–Kier alpha value is -2.30. The summed E-state index contributed by atoms with van der Waals surface area (Å²) in [5, 5.41) is 20.0. The molecule has 8 heteroatoms. The smallest absolute Gasteiger partial charge is 0.326 e. The second kappa shape index (κ2) is 9.58. The Morgan fingerprint density at radius 2 is 2.00 bits per heavy atom. The monoisotopic (exact) mass is 299 g/mol. The molecule has 118 valence electrons.